The fraction of sp³-hybridized carbons (Fsp3) is 0.500. The molecule has 1 atom stereocenters. The lowest BCUT2D eigenvalue weighted by atomic mass is 9.96. The third-order valence-electron chi connectivity index (χ3n) is 7.08. The predicted molar refractivity (Wildman–Crippen MR) is 137 cm³/mol. The SMILES string of the molecule is CCOc1ccc([C@H]2C(=O)N(C3CCCCCC3)CC(=O)N2CCc2ccc(Cl)cc2)cc1OC. The number of carbonyl (C=O) groups excluding carboxylic acids is 2. The summed E-state index contributed by atoms with van der Waals surface area (Å²) in [5.74, 6) is 1.18. The summed E-state index contributed by atoms with van der Waals surface area (Å²) < 4.78 is 11.2. The van der Waals surface area contributed by atoms with E-state index < -0.39 is 6.04 Å². The molecule has 0 N–H and O–H groups in total. The Bertz CT molecular complexity index is 1020. The van der Waals surface area contributed by atoms with Crippen LogP contribution in [0.3, 0.4) is 0 Å². The average molecular weight is 499 g/mol. The Labute approximate surface area is 213 Å². The molecule has 1 aliphatic carbocycles. The molecule has 0 radical (unpaired) electrons. The summed E-state index contributed by atoms with van der Waals surface area (Å²) in [4.78, 5) is 31.1. The molecule has 0 spiro atoms. The number of carbonyl (C=O) groups is 2. The lowest BCUT2D eigenvalue weighted by Crippen LogP contribution is -2.58. The van der Waals surface area contributed by atoms with Crippen molar-refractivity contribution >= 4 is 23.4 Å². The lowest BCUT2D eigenvalue weighted by molar-refractivity contribution is -0.158. The van der Waals surface area contributed by atoms with Crippen LogP contribution in [0.25, 0.3) is 0 Å². The molecule has 2 amide bonds. The Morgan fingerprint density at radius 3 is 2.34 bits per heavy atom. The van der Waals surface area contributed by atoms with Crippen LogP contribution in [-0.2, 0) is 16.0 Å². The molecule has 1 heterocycles. The van der Waals surface area contributed by atoms with Gasteiger partial charge in [0.1, 0.15) is 12.6 Å². The van der Waals surface area contributed by atoms with Gasteiger partial charge in [-0.05, 0) is 61.6 Å². The molecule has 2 aromatic carbocycles. The molecule has 4 rings (SSSR count). The molecule has 6 nitrogen and oxygen atoms in total. The first-order chi connectivity index (χ1) is 17.0. The van der Waals surface area contributed by atoms with Crippen molar-refractivity contribution in [1.82, 2.24) is 9.80 Å². The summed E-state index contributed by atoms with van der Waals surface area (Å²) in [5, 5.41) is 0.677. The summed E-state index contributed by atoms with van der Waals surface area (Å²) in [6, 6.07) is 12.6. The average Bonchev–Trinajstić information content (AvgIpc) is 3.15. The Balaban J connectivity index is 1.65. The van der Waals surface area contributed by atoms with Gasteiger partial charge in [0.2, 0.25) is 5.91 Å². The fourth-order valence-electron chi connectivity index (χ4n) is 5.23. The molecule has 2 aromatic rings. The molecule has 35 heavy (non-hydrogen) atoms. The number of hydrogen-bond donors (Lipinski definition) is 0. The van der Waals surface area contributed by atoms with Crippen molar-refractivity contribution in [3.8, 4) is 11.5 Å². The second kappa shape index (κ2) is 11.8. The van der Waals surface area contributed by atoms with Gasteiger partial charge < -0.3 is 19.3 Å². The molecular weight excluding hydrogens is 464 g/mol. The van der Waals surface area contributed by atoms with Crippen molar-refractivity contribution in [2.75, 3.05) is 26.8 Å². The van der Waals surface area contributed by atoms with Crippen LogP contribution in [0.5, 0.6) is 11.5 Å². The zero-order valence-electron chi connectivity index (χ0n) is 20.7. The Kier molecular flexibility index (Phi) is 8.55. The van der Waals surface area contributed by atoms with Crippen LogP contribution < -0.4 is 9.47 Å². The van der Waals surface area contributed by atoms with E-state index >= 15 is 0 Å². The van der Waals surface area contributed by atoms with Gasteiger partial charge in [-0.3, -0.25) is 9.59 Å². The first-order valence-electron chi connectivity index (χ1n) is 12.7. The lowest BCUT2D eigenvalue weighted by Gasteiger charge is -2.43. The smallest absolute Gasteiger partial charge is 0.250 e. The summed E-state index contributed by atoms with van der Waals surface area (Å²) in [6.45, 7) is 3.03. The number of halogens is 1. The first-order valence-corrected chi connectivity index (χ1v) is 13.0. The number of methoxy groups -OCH3 is 1. The zero-order chi connectivity index (χ0) is 24.8. The highest BCUT2D eigenvalue weighted by molar-refractivity contribution is 6.30. The molecule has 1 saturated heterocycles. The van der Waals surface area contributed by atoms with E-state index in [9.17, 15) is 9.59 Å². The van der Waals surface area contributed by atoms with Crippen molar-refractivity contribution in [3.63, 3.8) is 0 Å². The molecule has 188 valence electrons. The number of hydrogen-bond acceptors (Lipinski definition) is 4. The van der Waals surface area contributed by atoms with Crippen LogP contribution in [-0.4, -0.2) is 54.5 Å². The van der Waals surface area contributed by atoms with Crippen LogP contribution in [0.1, 0.15) is 62.6 Å². The van der Waals surface area contributed by atoms with Gasteiger partial charge in [0, 0.05) is 17.6 Å². The van der Waals surface area contributed by atoms with Gasteiger partial charge in [-0.25, -0.2) is 0 Å². The summed E-state index contributed by atoms with van der Waals surface area (Å²) >= 11 is 6.03. The minimum atomic E-state index is -0.684. The largest absolute Gasteiger partial charge is 0.493 e. The quantitative estimate of drug-likeness (QED) is 0.456. The van der Waals surface area contributed by atoms with Crippen molar-refractivity contribution in [2.24, 2.45) is 0 Å². The number of rotatable bonds is 8. The number of benzene rings is 2. The Hall–Kier alpha value is -2.73. The molecule has 0 aromatic heterocycles. The Morgan fingerprint density at radius 1 is 0.971 bits per heavy atom. The zero-order valence-corrected chi connectivity index (χ0v) is 21.4. The second-order valence-electron chi connectivity index (χ2n) is 9.32. The van der Waals surface area contributed by atoms with E-state index in [1.54, 1.807) is 12.0 Å². The maximum atomic E-state index is 14.0. The summed E-state index contributed by atoms with van der Waals surface area (Å²) in [7, 11) is 1.59. The van der Waals surface area contributed by atoms with Crippen molar-refractivity contribution < 1.29 is 19.1 Å². The maximum absolute atomic E-state index is 14.0. The maximum Gasteiger partial charge on any atom is 0.250 e. The number of nitrogens with zero attached hydrogens (tertiary/aromatic N) is 2. The minimum absolute atomic E-state index is 0.00109. The molecule has 0 unspecified atom stereocenters. The van der Waals surface area contributed by atoms with Crippen LogP contribution in [0.4, 0.5) is 0 Å². The van der Waals surface area contributed by atoms with Crippen molar-refractivity contribution in [2.45, 2.75) is 64.0 Å². The third kappa shape index (κ3) is 5.92. The normalized spacial score (nSPS) is 19.6. The fourth-order valence-corrected chi connectivity index (χ4v) is 5.36. The van der Waals surface area contributed by atoms with E-state index in [1.165, 1.54) is 12.8 Å². The molecule has 1 saturated carbocycles. The summed E-state index contributed by atoms with van der Waals surface area (Å²) in [6.07, 6.45) is 7.16. The van der Waals surface area contributed by atoms with Gasteiger partial charge in [-0.1, -0.05) is 55.5 Å². The molecule has 2 fully saturated rings. The molecule has 7 heteroatoms. The van der Waals surface area contributed by atoms with E-state index in [2.05, 4.69) is 0 Å². The highest BCUT2D eigenvalue weighted by Crippen LogP contribution is 2.36. The Morgan fingerprint density at radius 2 is 1.69 bits per heavy atom. The van der Waals surface area contributed by atoms with E-state index in [-0.39, 0.29) is 24.4 Å². The van der Waals surface area contributed by atoms with Crippen molar-refractivity contribution in [3.05, 3.63) is 58.6 Å². The third-order valence-corrected chi connectivity index (χ3v) is 7.33. The monoisotopic (exact) mass is 498 g/mol. The summed E-state index contributed by atoms with van der Waals surface area (Å²) in [5.41, 5.74) is 1.82. The van der Waals surface area contributed by atoms with E-state index in [4.69, 9.17) is 21.1 Å². The predicted octanol–water partition coefficient (Wildman–Crippen LogP) is 5.42. The molecular formula is C28H35ClN2O4. The van der Waals surface area contributed by atoms with Gasteiger partial charge in [0.05, 0.1) is 13.7 Å². The standard InChI is InChI=1S/C28H35ClN2O4/c1-3-35-24-15-12-21(18-25(24)34-2)27-28(33)31(23-8-6-4-5-7-9-23)19-26(32)30(27)17-16-20-10-13-22(29)14-11-20/h10-15,18,23,27H,3-9,16-17,19H2,1-2H3/t27-/m0/s1. The van der Waals surface area contributed by atoms with E-state index in [0.717, 1.165) is 36.8 Å². The highest BCUT2D eigenvalue weighted by Gasteiger charge is 2.42. The van der Waals surface area contributed by atoms with E-state index in [1.807, 2.05) is 54.3 Å². The molecule has 0 bridgehead atoms. The van der Waals surface area contributed by atoms with Gasteiger partial charge >= 0.3 is 0 Å². The highest BCUT2D eigenvalue weighted by atomic mass is 35.5. The van der Waals surface area contributed by atoms with Gasteiger partial charge in [-0.15, -0.1) is 0 Å². The number of piperazine rings is 1. The van der Waals surface area contributed by atoms with Crippen LogP contribution in [0.15, 0.2) is 42.5 Å². The van der Waals surface area contributed by atoms with Crippen molar-refractivity contribution in [1.29, 1.82) is 0 Å². The second-order valence-corrected chi connectivity index (χ2v) is 9.76. The topological polar surface area (TPSA) is 59.1 Å². The van der Waals surface area contributed by atoms with Crippen LogP contribution in [0.2, 0.25) is 5.02 Å². The molecule has 1 aliphatic heterocycles. The number of amides is 2. The van der Waals surface area contributed by atoms with Gasteiger partial charge in [0.15, 0.2) is 11.5 Å². The van der Waals surface area contributed by atoms with Gasteiger partial charge in [-0.2, -0.15) is 0 Å². The van der Waals surface area contributed by atoms with Gasteiger partial charge in [0.25, 0.3) is 5.91 Å². The van der Waals surface area contributed by atoms with E-state index in [0.29, 0.717) is 36.1 Å². The first kappa shape index (κ1) is 25.4. The molecule has 2 aliphatic rings. The minimum Gasteiger partial charge on any atom is -0.493 e. The van der Waals surface area contributed by atoms with Crippen LogP contribution in [0, 0.1) is 0 Å². The van der Waals surface area contributed by atoms with Crippen LogP contribution >= 0.6 is 11.6 Å². The number of ether oxygens (including phenoxy) is 2.